The molecule has 0 radical (unpaired) electrons. The molecule has 0 aromatic heterocycles. The molecule has 5 unspecified atom stereocenters. The molecule has 3 rings (SSSR count). The van der Waals surface area contributed by atoms with E-state index in [2.05, 4.69) is 5.43 Å². The van der Waals surface area contributed by atoms with Gasteiger partial charge in [0.1, 0.15) is 0 Å². The van der Waals surface area contributed by atoms with Crippen molar-refractivity contribution < 1.29 is 4.74 Å². The Labute approximate surface area is 108 Å². The zero-order chi connectivity index (χ0) is 11.7. The molecule has 98 valence electrons. The Morgan fingerprint density at radius 3 is 2.88 bits per heavy atom. The highest BCUT2D eigenvalue weighted by Crippen LogP contribution is 2.50. The molecule has 5 atom stereocenters. The van der Waals surface area contributed by atoms with E-state index in [9.17, 15) is 0 Å². The van der Waals surface area contributed by atoms with Crippen molar-refractivity contribution in [3.63, 3.8) is 0 Å². The van der Waals surface area contributed by atoms with Crippen LogP contribution in [0.5, 0.6) is 0 Å². The Kier molecular flexibility index (Phi) is 3.95. The zero-order valence-electron chi connectivity index (χ0n) is 10.4. The number of rotatable bonds is 4. The van der Waals surface area contributed by atoms with Crippen LogP contribution in [0.1, 0.15) is 32.1 Å². The van der Waals surface area contributed by atoms with Gasteiger partial charge >= 0.3 is 0 Å². The normalized spacial score (nSPS) is 42.9. The minimum atomic E-state index is 0.331. The summed E-state index contributed by atoms with van der Waals surface area (Å²) in [6.45, 7) is 0.893. The molecule has 0 amide bonds. The molecule has 0 spiro atoms. The minimum Gasteiger partial charge on any atom is -0.375 e. The molecule has 3 aliphatic rings. The summed E-state index contributed by atoms with van der Waals surface area (Å²) in [7, 11) is 0. The zero-order valence-corrected chi connectivity index (χ0v) is 11.3. The first kappa shape index (κ1) is 12.3. The van der Waals surface area contributed by atoms with Crippen molar-refractivity contribution in [2.45, 2.75) is 44.2 Å². The first-order valence-electron chi connectivity index (χ1n) is 7.02. The van der Waals surface area contributed by atoms with Gasteiger partial charge in [-0.15, -0.1) is 0 Å². The summed E-state index contributed by atoms with van der Waals surface area (Å²) in [5, 5.41) is 0. The van der Waals surface area contributed by atoms with Crippen LogP contribution in [0, 0.1) is 17.8 Å². The van der Waals surface area contributed by atoms with E-state index >= 15 is 0 Å². The van der Waals surface area contributed by atoms with Crippen molar-refractivity contribution in [1.82, 2.24) is 5.43 Å². The number of hydrazine groups is 1. The summed E-state index contributed by atoms with van der Waals surface area (Å²) < 4.78 is 5.86. The van der Waals surface area contributed by atoms with Gasteiger partial charge in [-0.3, -0.25) is 11.3 Å². The number of ether oxygens (including phenoxy) is 1. The highest BCUT2D eigenvalue weighted by atomic mass is 32.2. The molecule has 3 fully saturated rings. The number of hydrogen-bond donors (Lipinski definition) is 2. The van der Waals surface area contributed by atoms with Gasteiger partial charge < -0.3 is 4.74 Å². The molecule has 1 heterocycles. The minimum absolute atomic E-state index is 0.331. The second kappa shape index (κ2) is 5.47. The quantitative estimate of drug-likeness (QED) is 0.594. The summed E-state index contributed by atoms with van der Waals surface area (Å²) in [6, 6.07) is 0.368. The van der Waals surface area contributed by atoms with Crippen LogP contribution in [-0.4, -0.2) is 30.3 Å². The number of thioether (sulfide) groups is 1. The van der Waals surface area contributed by atoms with Crippen molar-refractivity contribution in [2.75, 3.05) is 18.1 Å². The summed E-state index contributed by atoms with van der Waals surface area (Å²) in [4.78, 5) is 0. The maximum atomic E-state index is 5.86. The fraction of sp³-hybridized carbons (Fsp3) is 1.00. The van der Waals surface area contributed by atoms with E-state index in [0.29, 0.717) is 12.1 Å². The van der Waals surface area contributed by atoms with E-state index in [1.165, 1.54) is 32.1 Å². The molecule has 2 saturated carbocycles. The number of nitrogens with one attached hydrogen (secondary N) is 1. The molecule has 3 N–H and O–H groups in total. The monoisotopic (exact) mass is 256 g/mol. The molecule has 1 saturated heterocycles. The predicted octanol–water partition coefficient (Wildman–Crippen LogP) is 1.78. The van der Waals surface area contributed by atoms with Crippen LogP contribution in [0.3, 0.4) is 0 Å². The molecule has 2 bridgehead atoms. The summed E-state index contributed by atoms with van der Waals surface area (Å²) in [5.41, 5.74) is 3.02. The highest BCUT2D eigenvalue weighted by Gasteiger charge is 2.41. The Balaban J connectivity index is 1.54. The molecule has 4 heteroatoms. The van der Waals surface area contributed by atoms with Gasteiger partial charge in [-0.25, -0.2) is 0 Å². The lowest BCUT2D eigenvalue weighted by molar-refractivity contribution is 0.0372. The lowest BCUT2D eigenvalue weighted by Crippen LogP contribution is -2.49. The van der Waals surface area contributed by atoms with Gasteiger partial charge in [0.05, 0.1) is 12.7 Å². The van der Waals surface area contributed by atoms with Crippen LogP contribution >= 0.6 is 11.8 Å². The maximum absolute atomic E-state index is 5.86. The summed E-state index contributed by atoms with van der Waals surface area (Å²) >= 11 is 2.00. The summed E-state index contributed by atoms with van der Waals surface area (Å²) in [5.74, 6) is 10.9. The Morgan fingerprint density at radius 2 is 2.29 bits per heavy atom. The predicted molar refractivity (Wildman–Crippen MR) is 71.7 cm³/mol. The standard InChI is InChI=1S/C13H24N2OS/c14-15-12(13-8-17-4-3-16-13)7-11-6-9-1-2-10(11)5-9/h9-13,15H,1-8,14H2. The van der Waals surface area contributed by atoms with Crippen LogP contribution in [0.15, 0.2) is 0 Å². The lowest BCUT2D eigenvalue weighted by Gasteiger charge is -2.33. The Hall–Kier alpha value is 0.230. The van der Waals surface area contributed by atoms with Crippen molar-refractivity contribution >= 4 is 11.8 Å². The van der Waals surface area contributed by atoms with Gasteiger partial charge in [0, 0.05) is 17.5 Å². The highest BCUT2D eigenvalue weighted by molar-refractivity contribution is 7.99. The van der Waals surface area contributed by atoms with Gasteiger partial charge in [-0.05, 0) is 43.4 Å². The Morgan fingerprint density at radius 1 is 1.35 bits per heavy atom. The molecular formula is C13H24N2OS. The van der Waals surface area contributed by atoms with E-state index in [0.717, 1.165) is 35.9 Å². The summed E-state index contributed by atoms with van der Waals surface area (Å²) in [6.07, 6.45) is 7.44. The van der Waals surface area contributed by atoms with Crippen LogP contribution < -0.4 is 11.3 Å². The molecule has 0 aromatic carbocycles. The molecule has 3 nitrogen and oxygen atoms in total. The molecular weight excluding hydrogens is 232 g/mol. The third-order valence-corrected chi connectivity index (χ3v) is 5.97. The number of nitrogens with two attached hydrogens (primary N) is 1. The van der Waals surface area contributed by atoms with Crippen LogP contribution in [-0.2, 0) is 4.74 Å². The smallest absolute Gasteiger partial charge is 0.0832 e. The molecule has 2 aliphatic carbocycles. The van der Waals surface area contributed by atoms with Crippen molar-refractivity contribution in [2.24, 2.45) is 23.6 Å². The SMILES string of the molecule is NNC(CC1CC2CCC1C2)C1CSCCO1. The van der Waals surface area contributed by atoms with Gasteiger partial charge in [0.15, 0.2) is 0 Å². The van der Waals surface area contributed by atoms with E-state index < -0.39 is 0 Å². The fourth-order valence-corrected chi connectivity index (χ4v) is 5.00. The maximum Gasteiger partial charge on any atom is 0.0832 e. The first-order valence-corrected chi connectivity index (χ1v) is 8.17. The molecule has 0 aromatic rings. The van der Waals surface area contributed by atoms with Gasteiger partial charge in [0.2, 0.25) is 0 Å². The largest absolute Gasteiger partial charge is 0.375 e. The van der Waals surface area contributed by atoms with Crippen molar-refractivity contribution in [1.29, 1.82) is 0 Å². The van der Waals surface area contributed by atoms with Crippen molar-refractivity contribution in [3.05, 3.63) is 0 Å². The Bertz CT molecular complexity index is 258. The van der Waals surface area contributed by atoms with Crippen LogP contribution in [0.25, 0.3) is 0 Å². The van der Waals surface area contributed by atoms with Gasteiger partial charge in [-0.2, -0.15) is 11.8 Å². The van der Waals surface area contributed by atoms with E-state index in [1.54, 1.807) is 0 Å². The van der Waals surface area contributed by atoms with E-state index in [4.69, 9.17) is 10.6 Å². The van der Waals surface area contributed by atoms with Crippen molar-refractivity contribution in [3.8, 4) is 0 Å². The number of hydrogen-bond acceptors (Lipinski definition) is 4. The van der Waals surface area contributed by atoms with Gasteiger partial charge in [-0.1, -0.05) is 6.42 Å². The fourth-order valence-electron chi connectivity index (χ4n) is 4.06. The van der Waals surface area contributed by atoms with Gasteiger partial charge in [0.25, 0.3) is 0 Å². The van der Waals surface area contributed by atoms with Crippen LogP contribution in [0.2, 0.25) is 0 Å². The molecule has 1 aliphatic heterocycles. The third-order valence-electron chi connectivity index (χ3n) is 4.95. The topological polar surface area (TPSA) is 47.3 Å². The average molecular weight is 256 g/mol. The second-order valence-corrected chi connectivity index (χ2v) is 7.08. The second-order valence-electron chi connectivity index (χ2n) is 5.93. The average Bonchev–Trinajstić information content (AvgIpc) is 2.99. The van der Waals surface area contributed by atoms with Crippen LogP contribution in [0.4, 0.5) is 0 Å². The first-order chi connectivity index (χ1) is 8.36. The van der Waals surface area contributed by atoms with E-state index in [-0.39, 0.29) is 0 Å². The lowest BCUT2D eigenvalue weighted by atomic mass is 9.83. The number of fused-ring (bicyclic) bond motifs is 2. The van der Waals surface area contributed by atoms with E-state index in [1.807, 2.05) is 11.8 Å². The third kappa shape index (κ3) is 2.65. The molecule has 17 heavy (non-hydrogen) atoms.